The third kappa shape index (κ3) is 6.35. The first-order valence-corrected chi connectivity index (χ1v) is 12.4. The number of nitrogens with zero attached hydrogens (tertiary/aromatic N) is 6. The van der Waals surface area contributed by atoms with Crippen molar-refractivity contribution in [3.63, 3.8) is 0 Å². The molecule has 1 aromatic heterocycles. The van der Waals surface area contributed by atoms with E-state index < -0.39 is 5.97 Å². The van der Waals surface area contributed by atoms with Crippen LogP contribution in [0.2, 0.25) is 0 Å². The van der Waals surface area contributed by atoms with Crippen LogP contribution in [-0.4, -0.2) is 80.9 Å². The van der Waals surface area contributed by atoms with Crippen LogP contribution < -0.4 is 4.74 Å². The van der Waals surface area contributed by atoms with Crippen LogP contribution in [0.5, 0.6) is 5.75 Å². The van der Waals surface area contributed by atoms with Crippen molar-refractivity contribution in [2.45, 2.75) is 31.8 Å². The number of hydrogen-bond acceptors (Lipinski definition) is 7. The minimum absolute atomic E-state index is 0.104. The van der Waals surface area contributed by atoms with Crippen LogP contribution in [0.25, 0.3) is 11.4 Å². The standard InChI is InChI=1S/C27H34N6O3/c1-3-14-31-16-18-32(19-17-31)26(23-7-6-8-24(20-23)36-2)21-10-12-22(13-11-21)27-28-29-30-33(27)15-5-4-9-25(34)35/h3,6-8,10-13,20,26H,1,4-5,9,14-19H2,2H3,(H,34,35)/t26-/m1/s1. The molecular formula is C27H34N6O3. The fourth-order valence-corrected chi connectivity index (χ4v) is 4.73. The summed E-state index contributed by atoms with van der Waals surface area (Å²) >= 11 is 0. The molecule has 4 rings (SSSR count). The van der Waals surface area contributed by atoms with Gasteiger partial charge in [0.1, 0.15) is 5.75 Å². The number of ether oxygens (including phenoxy) is 1. The Labute approximate surface area is 212 Å². The van der Waals surface area contributed by atoms with E-state index in [1.165, 1.54) is 11.1 Å². The molecule has 0 aliphatic carbocycles. The molecule has 9 nitrogen and oxygen atoms in total. The first-order valence-electron chi connectivity index (χ1n) is 12.4. The molecular weight excluding hydrogens is 456 g/mol. The number of aromatic nitrogens is 4. The summed E-state index contributed by atoms with van der Waals surface area (Å²) in [5.41, 5.74) is 3.33. The van der Waals surface area contributed by atoms with Crippen LogP contribution in [0, 0.1) is 0 Å². The van der Waals surface area contributed by atoms with Gasteiger partial charge in [-0.3, -0.25) is 14.6 Å². The Hall–Kier alpha value is -3.56. The van der Waals surface area contributed by atoms with Gasteiger partial charge in [0.05, 0.1) is 13.2 Å². The molecule has 0 bridgehead atoms. The number of aryl methyl sites for hydroxylation is 1. The highest BCUT2D eigenvalue weighted by atomic mass is 16.5. The van der Waals surface area contributed by atoms with Gasteiger partial charge in [-0.2, -0.15) is 0 Å². The van der Waals surface area contributed by atoms with E-state index in [2.05, 4.69) is 68.3 Å². The maximum atomic E-state index is 10.8. The van der Waals surface area contributed by atoms with Crippen LogP contribution in [0.3, 0.4) is 0 Å². The summed E-state index contributed by atoms with van der Waals surface area (Å²) < 4.78 is 7.26. The lowest BCUT2D eigenvalue weighted by Crippen LogP contribution is -2.47. The molecule has 1 N–H and O–H groups in total. The van der Waals surface area contributed by atoms with Crippen LogP contribution in [-0.2, 0) is 11.3 Å². The maximum absolute atomic E-state index is 10.8. The molecule has 0 radical (unpaired) electrons. The largest absolute Gasteiger partial charge is 0.497 e. The highest BCUT2D eigenvalue weighted by molar-refractivity contribution is 5.66. The van der Waals surface area contributed by atoms with Gasteiger partial charge < -0.3 is 9.84 Å². The molecule has 0 unspecified atom stereocenters. The zero-order chi connectivity index (χ0) is 25.3. The number of benzene rings is 2. The van der Waals surface area contributed by atoms with E-state index in [9.17, 15) is 4.79 Å². The van der Waals surface area contributed by atoms with Gasteiger partial charge in [0.2, 0.25) is 0 Å². The van der Waals surface area contributed by atoms with Gasteiger partial charge in [-0.25, -0.2) is 4.68 Å². The molecule has 9 heteroatoms. The quantitative estimate of drug-likeness (QED) is 0.304. The van der Waals surface area contributed by atoms with E-state index >= 15 is 0 Å². The molecule has 1 aliphatic heterocycles. The van der Waals surface area contributed by atoms with Crippen molar-refractivity contribution < 1.29 is 14.6 Å². The van der Waals surface area contributed by atoms with E-state index in [4.69, 9.17) is 9.84 Å². The Morgan fingerprint density at radius 3 is 2.58 bits per heavy atom. The van der Waals surface area contributed by atoms with E-state index in [0.29, 0.717) is 25.2 Å². The fourth-order valence-electron chi connectivity index (χ4n) is 4.73. The minimum atomic E-state index is -0.782. The Morgan fingerprint density at radius 2 is 1.89 bits per heavy atom. The van der Waals surface area contributed by atoms with Gasteiger partial charge >= 0.3 is 5.97 Å². The van der Waals surface area contributed by atoms with Crippen LogP contribution in [0.4, 0.5) is 0 Å². The van der Waals surface area contributed by atoms with Gasteiger partial charge in [-0.15, -0.1) is 11.7 Å². The summed E-state index contributed by atoms with van der Waals surface area (Å²) in [6, 6.07) is 16.8. The normalized spacial score (nSPS) is 15.5. The first kappa shape index (κ1) is 25.5. The molecule has 1 aliphatic rings. The lowest BCUT2D eigenvalue weighted by atomic mass is 9.95. The number of carboxylic acid groups (broad SMARTS) is 1. The monoisotopic (exact) mass is 490 g/mol. The smallest absolute Gasteiger partial charge is 0.303 e. The van der Waals surface area contributed by atoms with E-state index in [1.54, 1.807) is 11.8 Å². The summed E-state index contributed by atoms with van der Waals surface area (Å²) in [5.74, 6) is 0.754. The summed E-state index contributed by atoms with van der Waals surface area (Å²) in [4.78, 5) is 15.7. The van der Waals surface area contributed by atoms with Crippen molar-refractivity contribution in [2.24, 2.45) is 0 Å². The molecule has 0 spiro atoms. The van der Waals surface area contributed by atoms with Crippen LogP contribution in [0.1, 0.15) is 36.4 Å². The van der Waals surface area contributed by atoms with Crippen molar-refractivity contribution in [3.8, 4) is 17.1 Å². The molecule has 36 heavy (non-hydrogen) atoms. The van der Waals surface area contributed by atoms with Gasteiger partial charge in [0.15, 0.2) is 5.82 Å². The second-order valence-corrected chi connectivity index (χ2v) is 9.00. The Balaban J connectivity index is 1.55. The molecule has 2 aromatic carbocycles. The Morgan fingerprint density at radius 1 is 1.11 bits per heavy atom. The molecule has 0 amide bonds. The predicted molar refractivity (Wildman–Crippen MR) is 138 cm³/mol. The number of carbonyl (C=O) groups is 1. The Kier molecular flexibility index (Phi) is 8.80. The second-order valence-electron chi connectivity index (χ2n) is 9.00. The third-order valence-electron chi connectivity index (χ3n) is 6.60. The molecule has 1 atom stereocenters. The van der Waals surface area contributed by atoms with E-state index in [1.807, 2.05) is 18.2 Å². The number of rotatable bonds is 12. The van der Waals surface area contributed by atoms with Gasteiger partial charge in [-0.1, -0.05) is 42.5 Å². The van der Waals surface area contributed by atoms with Gasteiger partial charge in [0.25, 0.3) is 0 Å². The number of tetrazole rings is 1. The summed E-state index contributed by atoms with van der Waals surface area (Å²) in [5, 5.41) is 21.0. The van der Waals surface area contributed by atoms with Crippen molar-refractivity contribution in [2.75, 3.05) is 39.8 Å². The number of hydrogen-bond donors (Lipinski definition) is 1. The average molecular weight is 491 g/mol. The molecule has 1 fully saturated rings. The number of methoxy groups -OCH3 is 1. The van der Waals surface area contributed by atoms with Gasteiger partial charge in [0, 0.05) is 51.3 Å². The van der Waals surface area contributed by atoms with Crippen molar-refractivity contribution in [3.05, 3.63) is 72.3 Å². The first-order chi connectivity index (χ1) is 17.6. The van der Waals surface area contributed by atoms with Crippen molar-refractivity contribution in [1.82, 2.24) is 30.0 Å². The van der Waals surface area contributed by atoms with E-state index in [-0.39, 0.29) is 12.5 Å². The lowest BCUT2D eigenvalue weighted by molar-refractivity contribution is -0.137. The fraction of sp³-hybridized carbons (Fsp3) is 0.407. The summed E-state index contributed by atoms with van der Waals surface area (Å²) in [7, 11) is 1.70. The predicted octanol–water partition coefficient (Wildman–Crippen LogP) is 3.50. The highest BCUT2D eigenvalue weighted by Gasteiger charge is 2.26. The van der Waals surface area contributed by atoms with Crippen molar-refractivity contribution >= 4 is 5.97 Å². The van der Waals surface area contributed by atoms with Gasteiger partial charge in [-0.05, 0) is 46.5 Å². The number of unbranched alkanes of at least 4 members (excludes halogenated alkanes) is 1. The lowest BCUT2D eigenvalue weighted by Gasteiger charge is -2.39. The zero-order valence-electron chi connectivity index (χ0n) is 20.8. The molecule has 190 valence electrons. The summed E-state index contributed by atoms with van der Waals surface area (Å²) in [6.45, 7) is 9.31. The topological polar surface area (TPSA) is 96.6 Å². The van der Waals surface area contributed by atoms with Crippen LogP contribution >= 0.6 is 0 Å². The number of carboxylic acids is 1. The highest BCUT2D eigenvalue weighted by Crippen LogP contribution is 2.32. The van der Waals surface area contributed by atoms with Crippen molar-refractivity contribution in [1.29, 1.82) is 0 Å². The molecule has 3 aromatic rings. The van der Waals surface area contributed by atoms with Crippen LogP contribution in [0.15, 0.2) is 61.2 Å². The third-order valence-corrected chi connectivity index (χ3v) is 6.60. The second kappa shape index (κ2) is 12.4. The number of aliphatic carboxylic acids is 1. The molecule has 2 heterocycles. The Bertz CT molecular complexity index is 1140. The zero-order valence-corrected chi connectivity index (χ0v) is 20.8. The maximum Gasteiger partial charge on any atom is 0.303 e. The average Bonchev–Trinajstić information content (AvgIpc) is 3.37. The minimum Gasteiger partial charge on any atom is -0.497 e. The SMILES string of the molecule is C=CCN1CCN([C@H](c2ccc(-c3nnnn3CCCCC(=O)O)cc2)c2cccc(OC)c2)CC1. The van der Waals surface area contributed by atoms with E-state index in [0.717, 1.165) is 44.0 Å². The molecule has 0 saturated carbocycles. The molecule has 1 saturated heterocycles. The number of piperazine rings is 1. The summed E-state index contributed by atoms with van der Waals surface area (Å²) in [6.07, 6.45) is 3.42.